The number of fused-ring (bicyclic) bond motifs is 9. The van der Waals surface area contributed by atoms with Gasteiger partial charge in [0.15, 0.2) is 0 Å². The molecule has 3 saturated heterocycles. The Morgan fingerprint density at radius 3 is 1.35 bits per heavy atom. The Morgan fingerprint density at radius 2 is 0.976 bits per heavy atom. The largest absolute Gasteiger partial charge is 0.513 e. The summed E-state index contributed by atoms with van der Waals surface area (Å²) in [5.41, 5.74) is 10.7. The van der Waals surface area contributed by atoms with Crippen molar-refractivity contribution in [2.45, 2.75) is 202 Å². The fourth-order valence-corrected chi connectivity index (χ4v) is 20.1. The van der Waals surface area contributed by atoms with E-state index in [0.717, 1.165) is 92.5 Å². The third kappa shape index (κ3) is 22.3. The lowest BCUT2D eigenvalue weighted by molar-refractivity contribution is -0.0972. The van der Waals surface area contributed by atoms with E-state index in [1.165, 1.54) is 65.9 Å². The number of H-pyrrole nitrogens is 2. The monoisotopic (exact) mass is 1960 g/mol. The van der Waals surface area contributed by atoms with Gasteiger partial charge in [0.1, 0.15) is 11.5 Å². The van der Waals surface area contributed by atoms with Crippen LogP contribution in [0.5, 0.6) is 11.5 Å². The standard InChI is InChI=1S/C28H29ClF2N6O3.C25H26BrClF2N4O3.C21H23BrClN3O.C9H15BN2O2.C3H4ClNO.CF2O/c1-15(2)37-24-20(19-7-8-23(25(19)37)36-12-11-32-27(36)39)13-16(14-21(24)22-9-10-33-35-22)26(38)34-17-3-5-18(6-4-17)40-28(29,30)31;1-13(2)33-21-18(17-7-8-20(22(17)33)32-10-9-30-24(32)35)11-14(12-19(21)26)23(34)31-15-3-5-16(6-4-15)36-25(27,28)29;1-11(2)26-19-16(15-7-8-18(24)20(15)26)9-12(10-17(19)22)21(27)25-14-5-3-13(23)4-6-14;1-8(2)9(3,4)14-10(13-8)7-5-6-11-12-7;4-1-2-5-3-6;2-1(3)4/h3-6,9-10,13-15,19,23,25H,7-8,11-12H2,1-2H3,(H,32,39)(H,33,35)(H,34,38);3-6,11-13,17,20,22H,7-10H2,1-2H3,(H,30,35)(H,31,34);3-6,9-11,15,18,20H,7-8,24H2,1-2H3,(H,25,27);5-6H,1-4H3,(H,11,12);1-2H2;. The zero-order valence-corrected chi connectivity index (χ0v) is 77.1. The minimum Gasteiger partial charge on any atom is -0.420 e. The topological polar surface area (TPSA) is 329 Å². The van der Waals surface area contributed by atoms with Crippen molar-refractivity contribution >= 4 is 167 Å². The SMILES string of the molecule is CC(C)N1c2c(-c3ccn[nH]3)cc(C(=O)Nc3ccc(OC(F)(F)Cl)cc3)cc2C2CCC(N3CCNC3=O)C21.CC(C)N1c2c(Br)cc(C(=O)Nc3ccc(Cl)cc3)cc2C2CCC(N)C21.CC(C)N1c2c(Br)cc(C(=O)Nc3ccc(OC(F)(F)Cl)cc3)cc2C2CCC(N3CCNC3=O)C21.CC1(C)OB(c2ccn[nH]2)OC1(C)C.O=C(F)F.O=C=NCCCl. The van der Waals surface area contributed by atoms with Crippen LogP contribution < -0.4 is 62.1 Å². The average molecular weight is 1970 g/mol. The van der Waals surface area contributed by atoms with Crippen molar-refractivity contribution in [1.82, 2.24) is 40.8 Å². The highest BCUT2D eigenvalue weighted by atomic mass is 79.9. The highest BCUT2D eigenvalue weighted by Gasteiger charge is 2.56. The van der Waals surface area contributed by atoms with Gasteiger partial charge in [-0.05, 0) is 278 Å². The van der Waals surface area contributed by atoms with E-state index < -0.39 is 17.4 Å². The first-order valence-electron chi connectivity index (χ1n) is 41.3. The van der Waals surface area contributed by atoms with E-state index in [9.17, 15) is 55.1 Å². The second-order valence-electron chi connectivity index (χ2n) is 33.4. The summed E-state index contributed by atoms with van der Waals surface area (Å²) >= 11 is 28.1. The van der Waals surface area contributed by atoms with Gasteiger partial charge in [0.05, 0.1) is 76.3 Å². The molecule has 9 unspecified atom stereocenters. The van der Waals surface area contributed by atoms with Gasteiger partial charge in [-0.1, -0.05) is 11.6 Å². The van der Waals surface area contributed by atoms with Crippen molar-refractivity contribution in [2.24, 2.45) is 10.7 Å². The number of nitrogens with one attached hydrogen (secondary N) is 7. The molecule has 40 heteroatoms. The Morgan fingerprint density at radius 1 is 0.591 bits per heavy atom. The summed E-state index contributed by atoms with van der Waals surface area (Å²) in [6.45, 7) is 24.2. The van der Waals surface area contributed by atoms with E-state index in [1.54, 1.807) is 42.7 Å². The Kier molecular flexibility index (Phi) is 30.8. The quantitative estimate of drug-likeness (QED) is 0.00931. The summed E-state index contributed by atoms with van der Waals surface area (Å²) in [5.74, 6) is 0.123. The van der Waals surface area contributed by atoms with Gasteiger partial charge in [0.2, 0.25) is 6.08 Å². The first kappa shape index (κ1) is 96.5. The number of urea groups is 2. The normalized spacial score (nSPS) is 21.6. The van der Waals surface area contributed by atoms with Crippen LogP contribution in [0.4, 0.5) is 74.9 Å². The van der Waals surface area contributed by atoms with E-state index in [1.807, 2.05) is 80.0 Å². The molecule has 3 aliphatic carbocycles. The molecule has 17 rings (SSSR count). The molecule has 6 fully saturated rings. The number of carbonyl (C=O) groups is 6. The van der Waals surface area contributed by atoms with E-state index in [0.29, 0.717) is 89.7 Å². The van der Waals surface area contributed by atoms with Crippen LogP contribution in [0.3, 0.4) is 0 Å². The number of alkyl halides is 7. The van der Waals surface area contributed by atoms with Crippen LogP contribution in [0.1, 0.15) is 173 Å². The van der Waals surface area contributed by atoms with Crippen molar-refractivity contribution in [3.05, 3.63) is 181 Å². The maximum Gasteiger partial charge on any atom is 0.513 e. The van der Waals surface area contributed by atoms with Gasteiger partial charge in [-0.25, -0.2) is 24.2 Å². The van der Waals surface area contributed by atoms with Gasteiger partial charge >= 0.3 is 36.6 Å². The molecule has 8 aromatic rings. The molecule has 0 bridgehead atoms. The van der Waals surface area contributed by atoms with Gasteiger partial charge in [-0.2, -0.15) is 10.2 Å². The number of aromatic nitrogens is 4. The number of rotatable bonds is 19. The lowest BCUT2D eigenvalue weighted by atomic mass is 9.85. The van der Waals surface area contributed by atoms with Crippen LogP contribution in [0.15, 0.2) is 148 Å². The number of halogens is 12. The molecule has 7 amide bonds. The fourth-order valence-electron chi connectivity index (χ4n) is 18.3. The zero-order valence-electron chi connectivity index (χ0n) is 70.9. The Bertz CT molecular complexity index is 5300. The predicted molar refractivity (Wildman–Crippen MR) is 485 cm³/mol. The molecule has 6 aliphatic heterocycles. The van der Waals surface area contributed by atoms with E-state index in [2.05, 4.69) is 150 Å². The summed E-state index contributed by atoms with van der Waals surface area (Å²) in [7, 11) is -0.331. The van der Waals surface area contributed by atoms with Crippen molar-refractivity contribution in [3.63, 3.8) is 0 Å². The summed E-state index contributed by atoms with van der Waals surface area (Å²) in [6.07, 6.45) is 7.61. The number of aromatic amines is 2. The minimum absolute atomic E-state index is 0.00868. The lowest BCUT2D eigenvalue weighted by Gasteiger charge is -2.38. The van der Waals surface area contributed by atoms with E-state index in [4.69, 9.17) is 66.2 Å². The molecule has 127 heavy (non-hydrogen) atoms. The Labute approximate surface area is 767 Å². The van der Waals surface area contributed by atoms with Gasteiger partial charge in [-0.3, -0.25) is 24.6 Å². The van der Waals surface area contributed by atoms with Crippen LogP contribution in [0, 0.1) is 0 Å². The summed E-state index contributed by atoms with van der Waals surface area (Å²) < 4.78 is 93.0. The zero-order chi connectivity index (χ0) is 92.1. The van der Waals surface area contributed by atoms with Crippen LogP contribution in [0.25, 0.3) is 11.3 Å². The van der Waals surface area contributed by atoms with Crippen molar-refractivity contribution in [3.8, 4) is 22.8 Å². The van der Waals surface area contributed by atoms with Gasteiger partial charge in [-0.15, -0.1) is 37.9 Å². The Hall–Kier alpha value is -9.62. The Balaban J connectivity index is 0.000000154. The fraction of sp³-hybridized carbons (Fsp3) is 0.437. The molecule has 9 atom stereocenters. The van der Waals surface area contributed by atoms with Gasteiger partial charge in [0, 0.05) is 163 Å². The second kappa shape index (κ2) is 40.6. The van der Waals surface area contributed by atoms with Crippen molar-refractivity contribution < 1.29 is 78.7 Å². The first-order valence-corrected chi connectivity index (χ1v) is 44.6. The highest BCUT2D eigenvalue weighted by molar-refractivity contribution is 9.11. The number of isocyanates is 1. The molecule has 0 radical (unpaired) electrons. The maximum atomic E-state index is 13.5. The summed E-state index contributed by atoms with van der Waals surface area (Å²) in [4.78, 5) is 96.2. The summed E-state index contributed by atoms with van der Waals surface area (Å²) in [6, 6.07) is 35.0. The van der Waals surface area contributed by atoms with Crippen LogP contribution >= 0.6 is 78.3 Å². The average Bonchev–Trinajstić information content (AvgIpc) is 1.57. The van der Waals surface area contributed by atoms with Crippen molar-refractivity contribution in [2.75, 3.05) is 69.3 Å². The van der Waals surface area contributed by atoms with Crippen LogP contribution in [-0.4, -0.2) is 195 Å². The van der Waals surface area contributed by atoms with E-state index >= 15 is 0 Å². The van der Waals surface area contributed by atoms with Gasteiger partial charge in [0.25, 0.3) is 17.7 Å². The number of carbonyl (C=O) groups excluding carboxylic acids is 7. The maximum absolute atomic E-state index is 13.5. The molecule has 8 heterocycles. The first-order chi connectivity index (χ1) is 60.1. The molecule has 27 nitrogen and oxygen atoms in total. The number of hydrogen-bond acceptors (Lipinski definition) is 18. The molecular formula is C87H97BBr2Cl4F6N16O11. The number of benzene rings is 6. The molecule has 3 saturated carbocycles. The summed E-state index contributed by atoms with van der Waals surface area (Å²) in [5, 5.41) is 29.0. The number of hydrogen-bond donors (Lipinski definition) is 8. The van der Waals surface area contributed by atoms with E-state index in [-0.39, 0.29) is 114 Å². The molecule has 678 valence electrons. The number of aliphatic imine (C=N–C) groups is 1. The number of nitrogens with two attached hydrogens (primary N) is 1. The molecule has 0 spiro atoms. The van der Waals surface area contributed by atoms with Crippen LogP contribution in [-0.2, 0) is 14.1 Å². The molecule has 2 aromatic heterocycles. The highest BCUT2D eigenvalue weighted by Crippen LogP contribution is 2.58. The van der Waals surface area contributed by atoms with Gasteiger partial charge < -0.3 is 75.6 Å². The van der Waals surface area contributed by atoms with Crippen molar-refractivity contribution in [1.29, 1.82) is 0 Å². The van der Waals surface area contributed by atoms with Crippen LogP contribution in [0.2, 0.25) is 5.02 Å². The number of anilines is 6. The minimum atomic E-state index is -3.82. The number of ether oxygens (including phenoxy) is 2. The lowest BCUT2D eigenvalue weighted by Crippen LogP contribution is -2.51. The number of amides is 7. The third-order valence-electron chi connectivity index (χ3n) is 24.0. The molecule has 6 aromatic carbocycles. The molecular weight excluding hydrogens is 1870 g/mol. The smallest absolute Gasteiger partial charge is 0.420 e. The third-order valence-corrected chi connectivity index (χ3v) is 25.8. The molecule has 9 aliphatic rings. The number of nitrogens with zero attached hydrogens (tertiary/aromatic N) is 8. The molecule has 9 N–H and O–H groups in total. The second-order valence-corrected chi connectivity index (χ2v) is 36.8. The predicted octanol–water partition coefficient (Wildman–Crippen LogP) is 18.6.